The third-order valence-corrected chi connectivity index (χ3v) is 17.2. The van der Waals surface area contributed by atoms with Gasteiger partial charge in [0.25, 0.3) is 0 Å². The van der Waals surface area contributed by atoms with Crippen molar-refractivity contribution in [3.05, 3.63) is 303 Å². The quantitative estimate of drug-likeness (QED) is 0.155. The van der Waals surface area contributed by atoms with Crippen LogP contribution in [0.5, 0.6) is 0 Å². The second-order valence-electron chi connectivity index (χ2n) is 22.5. The molecule has 0 saturated carbocycles. The Balaban J connectivity index is 1.08. The highest BCUT2D eigenvalue weighted by Crippen LogP contribution is 2.64. The largest absolute Gasteiger partial charge is 0.310 e. The average Bonchev–Trinajstić information content (AvgIpc) is 3.90. The summed E-state index contributed by atoms with van der Waals surface area (Å²) in [5.41, 5.74) is 23.1. The van der Waals surface area contributed by atoms with E-state index in [1.54, 1.807) is 0 Å². The van der Waals surface area contributed by atoms with E-state index in [0.29, 0.717) is 0 Å². The van der Waals surface area contributed by atoms with Gasteiger partial charge in [-0.25, -0.2) is 0 Å². The lowest BCUT2D eigenvalue weighted by molar-refractivity contribution is 0.562. The number of hydrogen-bond acceptors (Lipinski definition) is 1. The van der Waals surface area contributed by atoms with Crippen LogP contribution in [-0.4, -0.2) is 0 Å². The van der Waals surface area contributed by atoms with E-state index in [9.17, 15) is 0 Å². The Labute approximate surface area is 430 Å². The molecule has 350 valence electrons. The summed E-state index contributed by atoms with van der Waals surface area (Å²) in [6.45, 7) is 14.0. The van der Waals surface area contributed by atoms with Crippen LogP contribution in [0.2, 0.25) is 0 Å². The van der Waals surface area contributed by atoms with E-state index in [1.165, 1.54) is 111 Å². The molecule has 2 unspecified atom stereocenters. The molecule has 14 rings (SSSR count). The lowest BCUT2D eigenvalue weighted by atomic mass is 9.55. The van der Waals surface area contributed by atoms with Gasteiger partial charge >= 0.3 is 0 Å². The Kier molecular flexibility index (Phi) is 9.31. The SMILES string of the molecule is Cc1ccc2c(c1)C(C)(C)c1ccccc1C21c2ccccc2-c2ccc(N(c3ccc4cc5ccccc5cc4c3)c3cccc4c3-c3ccccc3C4(c3ccccc3)c3ccc(C(C)(C)C)cc3)cc21. The number of rotatable bonds is 5. The number of hydrogen-bond donors (Lipinski definition) is 0. The average molecular weight is 936 g/mol. The lowest BCUT2D eigenvalue weighted by Gasteiger charge is -2.47. The van der Waals surface area contributed by atoms with Gasteiger partial charge < -0.3 is 4.90 Å². The van der Waals surface area contributed by atoms with Gasteiger partial charge in [-0.05, 0) is 154 Å². The summed E-state index contributed by atoms with van der Waals surface area (Å²) < 4.78 is 0. The van der Waals surface area contributed by atoms with Gasteiger partial charge in [0.15, 0.2) is 0 Å². The van der Waals surface area contributed by atoms with Gasteiger partial charge in [0.05, 0.1) is 16.5 Å². The van der Waals surface area contributed by atoms with Gasteiger partial charge in [-0.1, -0.05) is 234 Å². The molecule has 0 amide bonds. The van der Waals surface area contributed by atoms with Crippen molar-refractivity contribution in [1.82, 2.24) is 0 Å². The minimum absolute atomic E-state index is 0.0243. The highest BCUT2D eigenvalue weighted by atomic mass is 15.1. The zero-order valence-electron chi connectivity index (χ0n) is 42.5. The van der Waals surface area contributed by atoms with Gasteiger partial charge in [-0.2, -0.15) is 0 Å². The predicted molar refractivity (Wildman–Crippen MR) is 306 cm³/mol. The molecule has 0 radical (unpaired) electrons. The van der Waals surface area contributed by atoms with Crippen molar-refractivity contribution in [2.45, 2.75) is 63.2 Å². The van der Waals surface area contributed by atoms with Gasteiger partial charge in [0.2, 0.25) is 0 Å². The molecule has 0 N–H and O–H groups in total. The fraction of sp³-hybridized carbons (Fsp3) is 0.139. The standard InChI is InChI=1S/C72H57N/c1-46-31-40-63-66(41-46)70(5,6)61-27-16-17-28-62(61)72(63)59-25-14-12-23-56(59)57-39-38-55(45-65(57)72)73(54-37-32-49-42-47-19-10-11-20-48(47)43-50(49)44-54)67-30-18-29-64-68(67)58-24-13-15-26-60(58)71(64,52-21-8-7-9-22-52)53-35-33-51(34-36-53)69(2,3)4/h7-45H,1-6H3. The fourth-order valence-corrected chi connectivity index (χ4v) is 13.8. The molecule has 11 aromatic rings. The van der Waals surface area contributed by atoms with Crippen molar-refractivity contribution in [3.8, 4) is 22.3 Å². The Bertz CT molecular complexity index is 4050. The minimum atomic E-state index is -0.572. The molecular formula is C72H57N. The van der Waals surface area contributed by atoms with Crippen molar-refractivity contribution < 1.29 is 0 Å². The number of aryl methyl sites for hydroxylation is 1. The van der Waals surface area contributed by atoms with E-state index >= 15 is 0 Å². The predicted octanol–water partition coefficient (Wildman–Crippen LogP) is 18.4. The molecule has 0 saturated heterocycles. The molecule has 73 heavy (non-hydrogen) atoms. The molecule has 2 atom stereocenters. The zero-order chi connectivity index (χ0) is 49.4. The van der Waals surface area contributed by atoms with Crippen molar-refractivity contribution >= 4 is 38.6 Å². The molecule has 3 aliphatic carbocycles. The van der Waals surface area contributed by atoms with Gasteiger partial charge in [-0.3, -0.25) is 0 Å². The van der Waals surface area contributed by atoms with Crippen LogP contribution in [-0.2, 0) is 21.7 Å². The first kappa shape index (κ1) is 43.5. The highest BCUT2D eigenvalue weighted by Gasteiger charge is 2.54. The third-order valence-electron chi connectivity index (χ3n) is 17.2. The summed E-state index contributed by atoms with van der Waals surface area (Å²) in [5.74, 6) is 0. The van der Waals surface area contributed by atoms with Crippen LogP contribution >= 0.6 is 0 Å². The monoisotopic (exact) mass is 935 g/mol. The zero-order valence-corrected chi connectivity index (χ0v) is 42.5. The summed E-state index contributed by atoms with van der Waals surface area (Å²) in [6, 6.07) is 90.7. The van der Waals surface area contributed by atoms with E-state index in [4.69, 9.17) is 0 Å². The Morgan fingerprint density at radius 2 is 0.890 bits per heavy atom. The van der Waals surface area contributed by atoms with E-state index < -0.39 is 10.8 Å². The Morgan fingerprint density at radius 3 is 1.63 bits per heavy atom. The van der Waals surface area contributed by atoms with Gasteiger partial charge in [0.1, 0.15) is 0 Å². The van der Waals surface area contributed by atoms with E-state index in [-0.39, 0.29) is 10.8 Å². The van der Waals surface area contributed by atoms with E-state index in [2.05, 4.69) is 283 Å². The van der Waals surface area contributed by atoms with Crippen LogP contribution < -0.4 is 4.90 Å². The molecule has 1 spiro atoms. The van der Waals surface area contributed by atoms with Crippen LogP contribution in [0.3, 0.4) is 0 Å². The molecule has 0 heterocycles. The molecule has 3 aliphatic rings. The number of anilines is 3. The van der Waals surface area contributed by atoms with Crippen molar-refractivity contribution in [2.75, 3.05) is 4.90 Å². The molecule has 1 nitrogen and oxygen atoms in total. The normalized spacial score (nSPS) is 17.7. The topological polar surface area (TPSA) is 3.24 Å². The van der Waals surface area contributed by atoms with Crippen LogP contribution in [0.1, 0.15) is 101 Å². The first-order valence-corrected chi connectivity index (χ1v) is 26.1. The Hall–Kier alpha value is -8.26. The summed E-state index contributed by atoms with van der Waals surface area (Å²) in [5, 5.41) is 4.93. The molecule has 0 bridgehead atoms. The van der Waals surface area contributed by atoms with Crippen molar-refractivity contribution in [3.63, 3.8) is 0 Å². The van der Waals surface area contributed by atoms with E-state index in [0.717, 1.165) is 17.1 Å². The number of nitrogens with zero attached hydrogens (tertiary/aromatic N) is 1. The van der Waals surface area contributed by atoms with Crippen molar-refractivity contribution in [1.29, 1.82) is 0 Å². The summed E-state index contributed by atoms with van der Waals surface area (Å²) >= 11 is 0. The first-order valence-electron chi connectivity index (χ1n) is 26.1. The van der Waals surface area contributed by atoms with Crippen LogP contribution in [0.25, 0.3) is 43.8 Å². The maximum atomic E-state index is 2.58. The second-order valence-corrected chi connectivity index (χ2v) is 22.5. The van der Waals surface area contributed by atoms with Crippen molar-refractivity contribution in [2.24, 2.45) is 0 Å². The molecule has 1 heteroatoms. The third kappa shape index (κ3) is 6.03. The summed E-state index contributed by atoms with van der Waals surface area (Å²) in [4.78, 5) is 2.58. The Morgan fingerprint density at radius 1 is 0.342 bits per heavy atom. The molecule has 0 aromatic heterocycles. The smallest absolute Gasteiger partial charge is 0.0720 e. The second kappa shape index (κ2) is 15.6. The summed E-state index contributed by atoms with van der Waals surface area (Å²) in [6.07, 6.45) is 0. The highest BCUT2D eigenvalue weighted by molar-refractivity contribution is 6.03. The maximum Gasteiger partial charge on any atom is 0.0720 e. The molecule has 11 aromatic carbocycles. The maximum absolute atomic E-state index is 2.58. The molecular weight excluding hydrogens is 879 g/mol. The molecule has 0 fully saturated rings. The fourth-order valence-electron chi connectivity index (χ4n) is 13.8. The van der Waals surface area contributed by atoms with Crippen LogP contribution in [0, 0.1) is 6.92 Å². The molecule has 0 aliphatic heterocycles. The first-order chi connectivity index (χ1) is 35.5. The van der Waals surface area contributed by atoms with Crippen LogP contribution in [0.15, 0.2) is 237 Å². The van der Waals surface area contributed by atoms with Gasteiger partial charge in [0, 0.05) is 22.4 Å². The number of benzene rings is 11. The minimum Gasteiger partial charge on any atom is -0.310 e. The van der Waals surface area contributed by atoms with E-state index in [1.807, 2.05) is 0 Å². The lowest BCUT2D eigenvalue weighted by Crippen LogP contribution is -2.40. The van der Waals surface area contributed by atoms with Gasteiger partial charge in [-0.15, -0.1) is 0 Å². The summed E-state index contributed by atoms with van der Waals surface area (Å²) in [7, 11) is 0. The number of fused-ring (bicyclic) bond motifs is 14. The van der Waals surface area contributed by atoms with Crippen LogP contribution in [0.4, 0.5) is 17.1 Å².